The van der Waals surface area contributed by atoms with Gasteiger partial charge in [-0.2, -0.15) is 0 Å². The van der Waals surface area contributed by atoms with Crippen LogP contribution < -0.4 is 10.5 Å². The molecule has 6 aromatic carbocycles. The molecule has 1 aliphatic rings. The second kappa shape index (κ2) is 10.4. The first-order valence-electron chi connectivity index (χ1n) is 15.5. The highest BCUT2D eigenvalue weighted by Gasteiger charge is 2.19. The number of anilines is 1. The zero-order valence-corrected chi connectivity index (χ0v) is 25.5. The van der Waals surface area contributed by atoms with Crippen molar-refractivity contribution < 1.29 is 4.74 Å². The van der Waals surface area contributed by atoms with Crippen molar-refractivity contribution >= 4 is 65.1 Å². The van der Waals surface area contributed by atoms with Crippen molar-refractivity contribution in [2.45, 2.75) is 19.4 Å². The fraction of sp³-hybridized carbons (Fsp3) is 0.0732. The summed E-state index contributed by atoms with van der Waals surface area (Å²) in [5.74, 6) is 0.757. The van der Waals surface area contributed by atoms with Gasteiger partial charge in [-0.1, -0.05) is 91.0 Å². The molecule has 2 aromatic heterocycles. The van der Waals surface area contributed by atoms with Gasteiger partial charge in [0.25, 0.3) is 0 Å². The largest absolute Gasteiger partial charge is 0.486 e. The van der Waals surface area contributed by atoms with Gasteiger partial charge >= 0.3 is 0 Å². The van der Waals surface area contributed by atoms with E-state index < -0.39 is 0 Å². The van der Waals surface area contributed by atoms with E-state index in [9.17, 15) is 0 Å². The van der Waals surface area contributed by atoms with Crippen LogP contribution in [0.3, 0.4) is 0 Å². The fourth-order valence-corrected chi connectivity index (χ4v) is 8.19. The van der Waals surface area contributed by atoms with Crippen molar-refractivity contribution in [2.24, 2.45) is 0 Å². The van der Waals surface area contributed by atoms with Crippen LogP contribution in [0.1, 0.15) is 23.1 Å². The number of nitrogen functional groups attached to an aromatic ring is 1. The molecule has 0 atom stereocenters. The molecule has 2 N–H and O–H groups in total. The number of hydrogen-bond acceptors (Lipinski definition) is 3. The van der Waals surface area contributed by atoms with Crippen molar-refractivity contribution in [1.82, 2.24) is 4.57 Å². The van der Waals surface area contributed by atoms with E-state index in [0.717, 1.165) is 46.4 Å². The lowest BCUT2D eigenvalue weighted by Crippen LogP contribution is -2.01. The van der Waals surface area contributed by atoms with E-state index >= 15 is 0 Å². The number of para-hydroxylation sites is 1. The Balaban J connectivity index is 1.10. The Labute approximate surface area is 265 Å². The molecular weight excluding hydrogens is 569 g/mol. The molecule has 0 saturated heterocycles. The number of aromatic nitrogens is 1. The lowest BCUT2D eigenvalue weighted by atomic mass is 9.95. The summed E-state index contributed by atoms with van der Waals surface area (Å²) in [7, 11) is 0. The second-order valence-electron chi connectivity index (χ2n) is 11.8. The Morgan fingerprint density at radius 1 is 0.733 bits per heavy atom. The molecular formula is C41H30N2OS. The van der Waals surface area contributed by atoms with Crippen LogP contribution in [-0.2, 0) is 13.0 Å². The van der Waals surface area contributed by atoms with Gasteiger partial charge in [-0.05, 0) is 77.6 Å². The molecule has 0 fully saturated rings. The Morgan fingerprint density at radius 2 is 1.51 bits per heavy atom. The van der Waals surface area contributed by atoms with Gasteiger partial charge in [-0.25, -0.2) is 0 Å². The predicted octanol–water partition coefficient (Wildman–Crippen LogP) is 10.9. The molecule has 0 spiro atoms. The third-order valence-electron chi connectivity index (χ3n) is 9.10. The maximum absolute atomic E-state index is 6.75. The second-order valence-corrected chi connectivity index (χ2v) is 12.9. The van der Waals surface area contributed by atoms with Crippen LogP contribution in [0.5, 0.6) is 5.75 Å². The number of aryl methyl sites for hydroxylation is 1. The van der Waals surface area contributed by atoms with Gasteiger partial charge in [0.2, 0.25) is 0 Å². The minimum Gasteiger partial charge on any atom is -0.486 e. The number of nitrogens with two attached hydrogens (primary N) is 1. The molecule has 8 aromatic rings. The molecule has 45 heavy (non-hydrogen) atoms. The van der Waals surface area contributed by atoms with E-state index in [1.807, 2.05) is 6.07 Å². The third kappa shape index (κ3) is 4.25. The molecule has 1 aliphatic carbocycles. The summed E-state index contributed by atoms with van der Waals surface area (Å²) in [6.07, 6.45) is 6.74. The summed E-state index contributed by atoms with van der Waals surface area (Å²) < 4.78 is 11.4. The zero-order valence-electron chi connectivity index (χ0n) is 24.7. The quantitative estimate of drug-likeness (QED) is 0.200. The van der Waals surface area contributed by atoms with Gasteiger partial charge in [0.15, 0.2) is 5.75 Å². The van der Waals surface area contributed by atoms with E-state index in [1.54, 1.807) is 11.3 Å². The number of nitrogens with zero attached hydrogens (tertiary/aromatic N) is 1. The normalized spacial score (nSPS) is 12.8. The van der Waals surface area contributed by atoms with E-state index in [0.29, 0.717) is 12.3 Å². The maximum Gasteiger partial charge on any atom is 0.152 e. The van der Waals surface area contributed by atoms with Crippen LogP contribution in [0.25, 0.3) is 64.9 Å². The molecule has 2 heterocycles. The molecule has 9 rings (SSSR count). The summed E-state index contributed by atoms with van der Waals surface area (Å²) in [5.41, 5.74) is 17.2. The van der Waals surface area contributed by atoms with Gasteiger partial charge in [0.1, 0.15) is 6.61 Å². The highest BCUT2D eigenvalue weighted by atomic mass is 32.1. The number of allylic oxidation sites excluding steroid dienone is 1. The fourth-order valence-electron chi connectivity index (χ4n) is 6.95. The van der Waals surface area contributed by atoms with Crippen molar-refractivity contribution in [3.63, 3.8) is 0 Å². The standard InChI is InChI=1S/C41H30N2OS/c42-35-24-33(27-10-2-1-3-11-27)41-39(32-15-7-9-17-38(32)45-41)40(35)44-25-26-18-20-30(21-19-26)43-36-16-8-6-14-31(36)34-22-28-12-4-5-13-29(28)23-37(34)43/h1-4,6-12,14-24H,5,13,25,42H2. The van der Waals surface area contributed by atoms with E-state index in [2.05, 4.69) is 132 Å². The lowest BCUT2D eigenvalue weighted by molar-refractivity contribution is 0.312. The zero-order chi connectivity index (χ0) is 29.9. The predicted molar refractivity (Wildman–Crippen MR) is 192 cm³/mol. The smallest absolute Gasteiger partial charge is 0.152 e. The Morgan fingerprint density at radius 3 is 2.38 bits per heavy atom. The number of hydrogen-bond donors (Lipinski definition) is 1. The van der Waals surface area contributed by atoms with Crippen molar-refractivity contribution in [3.8, 4) is 22.6 Å². The minimum absolute atomic E-state index is 0.432. The average Bonchev–Trinajstić information content (AvgIpc) is 3.63. The van der Waals surface area contributed by atoms with Gasteiger partial charge in [0.05, 0.1) is 16.7 Å². The van der Waals surface area contributed by atoms with Gasteiger partial charge < -0.3 is 15.0 Å². The van der Waals surface area contributed by atoms with Crippen molar-refractivity contribution in [2.75, 3.05) is 5.73 Å². The van der Waals surface area contributed by atoms with Gasteiger partial charge in [-0.3, -0.25) is 0 Å². The highest BCUT2D eigenvalue weighted by molar-refractivity contribution is 7.26. The Hall–Kier alpha value is -5.32. The topological polar surface area (TPSA) is 40.2 Å². The van der Waals surface area contributed by atoms with Crippen LogP contribution in [-0.4, -0.2) is 4.57 Å². The van der Waals surface area contributed by atoms with Crippen LogP contribution in [0.4, 0.5) is 5.69 Å². The van der Waals surface area contributed by atoms with Gasteiger partial charge in [-0.15, -0.1) is 11.3 Å². The first-order chi connectivity index (χ1) is 22.2. The first kappa shape index (κ1) is 26.1. The van der Waals surface area contributed by atoms with E-state index in [4.69, 9.17) is 10.5 Å². The van der Waals surface area contributed by atoms with Gasteiger partial charge in [0, 0.05) is 42.2 Å². The number of benzene rings is 6. The number of ether oxygens (including phenoxy) is 1. The highest BCUT2D eigenvalue weighted by Crippen LogP contribution is 2.47. The number of rotatable bonds is 5. The molecule has 0 radical (unpaired) electrons. The summed E-state index contributed by atoms with van der Waals surface area (Å²) in [5, 5.41) is 4.85. The molecule has 3 nitrogen and oxygen atoms in total. The average molecular weight is 599 g/mol. The number of thiophene rings is 1. The van der Waals surface area contributed by atoms with Crippen molar-refractivity contribution in [1.29, 1.82) is 0 Å². The SMILES string of the molecule is Nc1cc(-c2ccccc2)c2sc3ccccc3c2c1OCc1ccc(-n2c3ccccc3c3cc4c(cc32)CCC=C4)cc1. The van der Waals surface area contributed by atoms with E-state index in [1.165, 1.54) is 47.7 Å². The molecule has 216 valence electrons. The number of fused-ring (bicyclic) bond motifs is 7. The Bertz CT molecular complexity index is 2430. The first-order valence-corrected chi connectivity index (χ1v) is 16.3. The van der Waals surface area contributed by atoms with Crippen LogP contribution in [0.15, 0.2) is 127 Å². The molecule has 0 aliphatic heterocycles. The molecule has 0 unspecified atom stereocenters. The lowest BCUT2D eigenvalue weighted by Gasteiger charge is -2.15. The third-order valence-corrected chi connectivity index (χ3v) is 10.3. The molecule has 0 amide bonds. The monoisotopic (exact) mass is 598 g/mol. The summed E-state index contributed by atoms with van der Waals surface area (Å²) >= 11 is 1.80. The maximum atomic E-state index is 6.75. The minimum atomic E-state index is 0.432. The summed E-state index contributed by atoms with van der Waals surface area (Å²) in [4.78, 5) is 0. The molecule has 0 saturated carbocycles. The van der Waals surface area contributed by atoms with Crippen LogP contribution in [0.2, 0.25) is 0 Å². The summed E-state index contributed by atoms with van der Waals surface area (Å²) in [6, 6.07) is 43.3. The Kier molecular flexibility index (Phi) is 6.03. The molecule has 4 heteroatoms. The van der Waals surface area contributed by atoms with Crippen molar-refractivity contribution in [3.05, 3.63) is 144 Å². The summed E-state index contributed by atoms with van der Waals surface area (Å²) in [6.45, 7) is 0.432. The van der Waals surface area contributed by atoms with Crippen LogP contribution >= 0.6 is 11.3 Å². The molecule has 0 bridgehead atoms. The van der Waals surface area contributed by atoms with Crippen LogP contribution in [0, 0.1) is 0 Å². The van der Waals surface area contributed by atoms with E-state index in [-0.39, 0.29) is 0 Å².